The summed E-state index contributed by atoms with van der Waals surface area (Å²) < 4.78 is 0. The van der Waals surface area contributed by atoms with Crippen molar-refractivity contribution < 1.29 is 20.2 Å². The predicted molar refractivity (Wildman–Crippen MR) is 111 cm³/mol. The summed E-state index contributed by atoms with van der Waals surface area (Å²) in [4.78, 5) is 16.4. The van der Waals surface area contributed by atoms with Crippen LogP contribution in [0.5, 0.6) is 0 Å². The molecule has 2 aromatic carbocycles. The maximum absolute atomic E-state index is 10.9. The van der Waals surface area contributed by atoms with Gasteiger partial charge in [-0.15, -0.1) is 0 Å². The van der Waals surface area contributed by atoms with E-state index in [1.807, 2.05) is 30.5 Å². The quantitative estimate of drug-likeness (QED) is 0.267. The van der Waals surface area contributed by atoms with Crippen molar-refractivity contribution in [1.29, 1.82) is 0 Å². The van der Waals surface area contributed by atoms with Gasteiger partial charge in [0.2, 0.25) is 0 Å². The van der Waals surface area contributed by atoms with Gasteiger partial charge in [0.05, 0.1) is 6.61 Å². The van der Waals surface area contributed by atoms with Gasteiger partial charge in [0.15, 0.2) is 0 Å². The van der Waals surface area contributed by atoms with Gasteiger partial charge in [0, 0.05) is 36.7 Å². The van der Waals surface area contributed by atoms with Crippen molar-refractivity contribution in [2.45, 2.75) is 13.0 Å². The van der Waals surface area contributed by atoms with Crippen molar-refractivity contribution in [3.63, 3.8) is 0 Å². The molecule has 5 N–H and O–H groups in total. The van der Waals surface area contributed by atoms with Gasteiger partial charge >= 0.3 is 5.97 Å². The molecule has 7 heteroatoms. The van der Waals surface area contributed by atoms with Gasteiger partial charge in [-0.3, -0.25) is 15.6 Å². The number of H-pyrrole nitrogens is 1. The lowest BCUT2D eigenvalue weighted by atomic mass is 10.1. The van der Waals surface area contributed by atoms with Crippen molar-refractivity contribution in [2.75, 3.05) is 19.7 Å². The number of carbonyl (C=O) groups is 1. The third kappa shape index (κ3) is 5.45. The van der Waals surface area contributed by atoms with Gasteiger partial charge < -0.3 is 15.2 Å². The minimum absolute atomic E-state index is 0.0822. The Morgan fingerprint density at radius 1 is 1.10 bits per heavy atom. The van der Waals surface area contributed by atoms with E-state index in [2.05, 4.69) is 22.0 Å². The number of benzene rings is 2. The number of aromatic nitrogens is 1. The van der Waals surface area contributed by atoms with Crippen LogP contribution in [0, 0.1) is 0 Å². The second kappa shape index (κ2) is 9.88. The van der Waals surface area contributed by atoms with E-state index in [-0.39, 0.29) is 12.3 Å². The number of aliphatic hydroxyl groups excluding tert-OH is 1. The van der Waals surface area contributed by atoms with E-state index < -0.39 is 5.97 Å². The number of hydrogen-bond acceptors (Lipinski definition) is 5. The molecule has 0 fully saturated rings. The molecule has 0 saturated heterocycles. The molecule has 0 spiro atoms. The molecule has 0 aliphatic carbocycles. The second-order valence-corrected chi connectivity index (χ2v) is 6.83. The molecule has 0 amide bonds. The molecule has 0 saturated carbocycles. The van der Waals surface area contributed by atoms with Crippen LogP contribution < -0.4 is 5.48 Å². The van der Waals surface area contributed by atoms with Gasteiger partial charge in [-0.1, -0.05) is 42.5 Å². The zero-order valence-electron chi connectivity index (χ0n) is 16.0. The monoisotopic (exact) mass is 395 g/mol. The summed E-state index contributed by atoms with van der Waals surface area (Å²) in [6, 6.07) is 15.6. The van der Waals surface area contributed by atoms with Crippen LogP contribution in [0.4, 0.5) is 0 Å². The van der Waals surface area contributed by atoms with Crippen LogP contribution >= 0.6 is 0 Å². The molecular weight excluding hydrogens is 370 g/mol. The van der Waals surface area contributed by atoms with E-state index >= 15 is 0 Å². The molecule has 0 atom stereocenters. The average Bonchev–Trinajstić information content (AvgIpc) is 3.14. The molecule has 3 aromatic rings. The predicted octanol–water partition coefficient (Wildman–Crippen LogP) is 2.61. The van der Waals surface area contributed by atoms with E-state index in [4.69, 9.17) is 10.3 Å². The van der Waals surface area contributed by atoms with Crippen LogP contribution in [0.2, 0.25) is 0 Å². The summed E-state index contributed by atoms with van der Waals surface area (Å²) in [5, 5.41) is 28.5. The first-order chi connectivity index (χ1) is 14.1. The zero-order chi connectivity index (χ0) is 20.6. The first kappa shape index (κ1) is 20.6. The van der Waals surface area contributed by atoms with Crippen molar-refractivity contribution in [1.82, 2.24) is 15.4 Å². The molecule has 1 heterocycles. The Morgan fingerprint density at radius 2 is 1.86 bits per heavy atom. The number of fused-ring (bicyclic) bond motifs is 1. The highest BCUT2D eigenvalue weighted by Crippen LogP contribution is 2.19. The lowest BCUT2D eigenvalue weighted by Gasteiger charge is -2.21. The Morgan fingerprint density at radius 3 is 2.55 bits per heavy atom. The summed E-state index contributed by atoms with van der Waals surface area (Å²) in [5.74, 6) is -1.23. The number of para-hydroxylation sites is 1. The molecular formula is C22H25N3O4. The van der Waals surface area contributed by atoms with Crippen LogP contribution in [-0.2, 0) is 17.8 Å². The highest BCUT2D eigenvalue weighted by atomic mass is 16.5. The van der Waals surface area contributed by atoms with Crippen LogP contribution in [-0.4, -0.2) is 51.0 Å². The third-order valence-electron chi connectivity index (χ3n) is 4.84. The normalized spacial score (nSPS) is 11.9. The standard InChI is InChI=1S/C22H25N3O4/c26-12-11-25(10-9-18-14-23-20-4-2-1-3-19(18)20)15-17-7-5-16(6-8-17)13-21(24-29)22(27)28/h1-8,13-14,23-24,26,29H,9-12,15H2,(H,27,28)/b21-13+. The molecule has 152 valence electrons. The van der Waals surface area contributed by atoms with Gasteiger partial charge in [-0.25, -0.2) is 4.79 Å². The number of nitrogens with one attached hydrogen (secondary N) is 2. The minimum Gasteiger partial charge on any atom is -0.477 e. The number of rotatable bonds is 10. The third-order valence-corrected chi connectivity index (χ3v) is 4.84. The first-order valence-electron chi connectivity index (χ1n) is 9.43. The first-order valence-corrected chi connectivity index (χ1v) is 9.43. The lowest BCUT2D eigenvalue weighted by Crippen LogP contribution is -2.28. The number of aromatic amines is 1. The number of nitrogens with zero attached hydrogens (tertiary/aromatic N) is 1. The summed E-state index contributed by atoms with van der Waals surface area (Å²) in [6.45, 7) is 2.14. The summed E-state index contributed by atoms with van der Waals surface area (Å²) >= 11 is 0. The Labute approximate surface area is 168 Å². The SMILES string of the molecule is O=C(O)/C(=C\c1ccc(CN(CCO)CCc2c[nH]c3ccccc23)cc1)NO. The van der Waals surface area contributed by atoms with E-state index in [1.54, 1.807) is 17.6 Å². The fourth-order valence-electron chi connectivity index (χ4n) is 3.31. The highest BCUT2D eigenvalue weighted by molar-refractivity contribution is 5.91. The number of hydroxylamine groups is 1. The van der Waals surface area contributed by atoms with Gasteiger partial charge in [0.1, 0.15) is 5.70 Å². The Hall–Kier alpha value is -3.13. The van der Waals surface area contributed by atoms with Crippen molar-refractivity contribution in [3.8, 4) is 0 Å². The Balaban J connectivity index is 1.65. The summed E-state index contributed by atoms with van der Waals surface area (Å²) in [7, 11) is 0. The smallest absolute Gasteiger partial charge is 0.354 e. The van der Waals surface area contributed by atoms with Crippen LogP contribution in [0.15, 0.2) is 60.4 Å². The van der Waals surface area contributed by atoms with E-state index in [0.717, 1.165) is 24.0 Å². The molecule has 0 radical (unpaired) electrons. The highest BCUT2D eigenvalue weighted by Gasteiger charge is 2.09. The molecule has 3 rings (SSSR count). The Kier molecular flexibility index (Phi) is 7.02. The van der Waals surface area contributed by atoms with Gasteiger partial charge in [-0.2, -0.15) is 0 Å². The number of aliphatic carboxylic acids is 1. The molecule has 0 aliphatic rings. The fraction of sp³-hybridized carbons (Fsp3) is 0.227. The maximum atomic E-state index is 10.9. The van der Waals surface area contributed by atoms with Crippen molar-refractivity contribution in [3.05, 3.63) is 77.1 Å². The average molecular weight is 395 g/mol. The zero-order valence-corrected chi connectivity index (χ0v) is 16.0. The minimum atomic E-state index is -1.23. The van der Waals surface area contributed by atoms with Crippen molar-refractivity contribution in [2.24, 2.45) is 0 Å². The van der Waals surface area contributed by atoms with Gasteiger partial charge in [0.25, 0.3) is 0 Å². The Bertz CT molecular complexity index is 979. The second-order valence-electron chi connectivity index (χ2n) is 6.83. The number of hydrogen-bond donors (Lipinski definition) is 5. The number of aliphatic hydroxyl groups is 1. The summed E-state index contributed by atoms with van der Waals surface area (Å²) in [6.07, 6.45) is 4.27. The molecule has 0 unspecified atom stereocenters. The number of carboxylic acids is 1. The van der Waals surface area contributed by atoms with Crippen LogP contribution in [0.3, 0.4) is 0 Å². The topological polar surface area (TPSA) is 109 Å². The van der Waals surface area contributed by atoms with E-state index in [0.29, 0.717) is 18.7 Å². The molecule has 0 aliphatic heterocycles. The van der Waals surface area contributed by atoms with Crippen LogP contribution in [0.25, 0.3) is 17.0 Å². The lowest BCUT2D eigenvalue weighted by molar-refractivity contribution is -0.134. The molecule has 29 heavy (non-hydrogen) atoms. The maximum Gasteiger partial charge on any atom is 0.354 e. The summed E-state index contributed by atoms with van der Waals surface area (Å²) in [5.41, 5.74) is 5.49. The van der Waals surface area contributed by atoms with Gasteiger partial charge in [-0.05, 0) is 35.3 Å². The van der Waals surface area contributed by atoms with E-state index in [1.165, 1.54) is 17.0 Å². The molecule has 7 nitrogen and oxygen atoms in total. The molecule has 0 bridgehead atoms. The fourth-order valence-corrected chi connectivity index (χ4v) is 3.31. The molecule has 1 aromatic heterocycles. The number of carboxylic acid groups (broad SMARTS) is 1. The largest absolute Gasteiger partial charge is 0.477 e. The van der Waals surface area contributed by atoms with Crippen molar-refractivity contribution >= 4 is 22.9 Å². The van der Waals surface area contributed by atoms with E-state index in [9.17, 15) is 9.90 Å². The van der Waals surface area contributed by atoms with Crippen LogP contribution in [0.1, 0.15) is 16.7 Å².